The van der Waals surface area contributed by atoms with Gasteiger partial charge in [-0.15, -0.1) is 0 Å². The molecule has 1 aromatic carbocycles. The minimum atomic E-state index is -0.182. The largest absolute Gasteiger partial charge is 0.290 e. The molecule has 3 aromatic rings. The number of nitrogens with zero attached hydrogens (tertiary/aromatic N) is 4. The summed E-state index contributed by atoms with van der Waals surface area (Å²) in [6.07, 6.45) is 5.04. The average Bonchev–Trinajstić information content (AvgIpc) is 3.28. The molecule has 5 heteroatoms. The van der Waals surface area contributed by atoms with Gasteiger partial charge >= 0.3 is 0 Å². The Morgan fingerprint density at radius 1 is 1.14 bits per heavy atom. The molecule has 0 spiro atoms. The fourth-order valence-electron chi connectivity index (χ4n) is 4.45. The topological polar surface area (TPSA) is 34.0 Å². The zero-order valence-electron chi connectivity index (χ0n) is 17.5. The van der Waals surface area contributed by atoms with E-state index in [1.807, 2.05) is 19.2 Å². The van der Waals surface area contributed by atoms with E-state index in [1.165, 1.54) is 29.3 Å². The molecule has 0 amide bonds. The van der Waals surface area contributed by atoms with Crippen LogP contribution in [0.2, 0.25) is 0 Å². The van der Waals surface area contributed by atoms with Crippen LogP contribution in [0.25, 0.3) is 0 Å². The Kier molecular flexibility index (Phi) is 5.76. The van der Waals surface area contributed by atoms with E-state index in [1.54, 1.807) is 12.1 Å². The first-order valence-electron chi connectivity index (χ1n) is 10.5. The second-order valence-electron chi connectivity index (χ2n) is 8.05. The van der Waals surface area contributed by atoms with E-state index in [2.05, 4.69) is 40.7 Å². The Morgan fingerprint density at radius 2 is 2.00 bits per heavy atom. The number of halogens is 1. The third kappa shape index (κ3) is 4.40. The van der Waals surface area contributed by atoms with Gasteiger partial charge in [-0.2, -0.15) is 5.10 Å². The molecule has 1 aliphatic rings. The first-order chi connectivity index (χ1) is 14.0. The highest BCUT2D eigenvalue weighted by molar-refractivity contribution is 5.30. The number of likely N-dealkylation sites (tertiary alicyclic amines) is 1. The first kappa shape index (κ1) is 19.8. The number of benzene rings is 1. The van der Waals surface area contributed by atoms with Gasteiger partial charge in [-0.25, -0.2) is 4.39 Å². The van der Waals surface area contributed by atoms with Gasteiger partial charge < -0.3 is 0 Å². The summed E-state index contributed by atoms with van der Waals surface area (Å²) in [4.78, 5) is 7.40. The van der Waals surface area contributed by atoms with Crippen LogP contribution in [0.5, 0.6) is 0 Å². The van der Waals surface area contributed by atoms with E-state index >= 15 is 0 Å². The van der Waals surface area contributed by atoms with Crippen LogP contribution in [0, 0.1) is 19.7 Å². The van der Waals surface area contributed by atoms with Crippen molar-refractivity contribution in [1.29, 1.82) is 0 Å². The lowest BCUT2D eigenvalue weighted by Crippen LogP contribution is -2.24. The monoisotopic (exact) mass is 392 g/mol. The zero-order chi connectivity index (χ0) is 20.4. The van der Waals surface area contributed by atoms with Crippen LogP contribution in [0.3, 0.4) is 0 Å². The van der Waals surface area contributed by atoms with Gasteiger partial charge in [0.2, 0.25) is 0 Å². The quantitative estimate of drug-likeness (QED) is 0.593. The maximum Gasteiger partial charge on any atom is 0.123 e. The lowest BCUT2D eigenvalue weighted by atomic mass is 10.0. The van der Waals surface area contributed by atoms with Gasteiger partial charge in [0, 0.05) is 30.0 Å². The van der Waals surface area contributed by atoms with Gasteiger partial charge in [-0.1, -0.05) is 12.1 Å². The van der Waals surface area contributed by atoms with Crippen molar-refractivity contribution < 1.29 is 4.39 Å². The summed E-state index contributed by atoms with van der Waals surface area (Å²) < 4.78 is 15.6. The summed E-state index contributed by atoms with van der Waals surface area (Å²) >= 11 is 0. The lowest BCUT2D eigenvalue weighted by Gasteiger charge is -2.24. The van der Waals surface area contributed by atoms with Gasteiger partial charge in [-0.3, -0.25) is 14.6 Å². The normalized spacial score (nSPS) is 17.2. The molecule has 1 fully saturated rings. The minimum absolute atomic E-state index is 0.182. The van der Waals surface area contributed by atoms with Gasteiger partial charge in [-0.05, 0) is 82.0 Å². The van der Waals surface area contributed by atoms with Gasteiger partial charge in [0.1, 0.15) is 5.82 Å². The predicted octanol–water partition coefficient (Wildman–Crippen LogP) is 4.98. The van der Waals surface area contributed by atoms with Crippen LogP contribution in [-0.2, 0) is 19.5 Å². The van der Waals surface area contributed by atoms with Crippen molar-refractivity contribution in [2.75, 3.05) is 6.54 Å². The van der Waals surface area contributed by atoms with E-state index in [9.17, 15) is 4.39 Å². The Hall–Kier alpha value is -2.53. The van der Waals surface area contributed by atoms with Crippen LogP contribution in [0.15, 0.2) is 42.6 Å². The summed E-state index contributed by atoms with van der Waals surface area (Å²) in [5.74, 6) is -0.182. The zero-order valence-corrected chi connectivity index (χ0v) is 17.5. The molecule has 0 aliphatic carbocycles. The Labute approximate surface area is 172 Å². The number of rotatable bonds is 6. The summed E-state index contributed by atoms with van der Waals surface area (Å²) in [6.45, 7) is 9.21. The third-order valence-electron chi connectivity index (χ3n) is 5.91. The molecule has 1 saturated heterocycles. The predicted molar refractivity (Wildman–Crippen MR) is 113 cm³/mol. The van der Waals surface area contributed by atoms with E-state index < -0.39 is 0 Å². The van der Waals surface area contributed by atoms with Crippen molar-refractivity contribution in [2.24, 2.45) is 0 Å². The van der Waals surface area contributed by atoms with E-state index in [0.717, 1.165) is 49.4 Å². The maximum atomic E-state index is 13.6. The molecular weight excluding hydrogens is 363 g/mol. The number of aryl methyl sites for hydroxylation is 2. The molecule has 4 nitrogen and oxygen atoms in total. The van der Waals surface area contributed by atoms with Crippen LogP contribution in [0.4, 0.5) is 4.39 Å². The van der Waals surface area contributed by atoms with E-state index in [4.69, 9.17) is 4.98 Å². The van der Waals surface area contributed by atoms with Crippen molar-refractivity contribution in [3.63, 3.8) is 0 Å². The average molecular weight is 393 g/mol. The SMILES string of the molecule is CCn1ncc(CN2CCCC2c2cc(Cc3cccc(F)c3)cc(C)n2)c1C. The standard InChI is InChI=1S/C24H29FN4/c1-4-29-18(3)21(15-26-29)16-28-10-6-9-24(28)23-14-20(11-17(2)27-23)12-19-7-5-8-22(25)13-19/h5,7-8,11,13-15,24H,4,6,9-10,12,16H2,1-3H3. The number of hydrogen-bond acceptors (Lipinski definition) is 3. The summed E-state index contributed by atoms with van der Waals surface area (Å²) in [5.41, 5.74) is 6.89. The molecule has 0 N–H and O–H groups in total. The van der Waals surface area contributed by atoms with Gasteiger partial charge in [0.05, 0.1) is 17.9 Å². The molecule has 29 heavy (non-hydrogen) atoms. The van der Waals surface area contributed by atoms with Crippen LogP contribution in [-0.4, -0.2) is 26.2 Å². The molecule has 1 unspecified atom stereocenters. The minimum Gasteiger partial charge on any atom is -0.290 e. The molecule has 1 aliphatic heterocycles. The number of pyridine rings is 1. The number of aromatic nitrogens is 3. The first-order valence-corrected chi connectivity index (χ1v) is 10.5. The van der Waals surface area contributed by atoms with Crippen LogP contribution in [0.1, 0.15) is 59.6 Å². The van der Waals surface area contributed by atoms with Gasteiger partial charge in [0.25, 0.3) is 0 Å². The fraction of sp³-hybridized carbons (Fsp3) is 0.417. The van der Waals surface area contributed by atoms with Crippen molar-refractivity contribution in [3.8, 4) is 0 Å². The highest BCUT2D eigenvalue weighted by Crippen LogP contribution is 2.33. The van der Waals surface area contributed by atoms with Crippen molar-refractivity contribution in [1.82, 2.24) is 19.7 Å². The summed E-state index contributed by atoms with van der Waals surface area (Å²) in [7, 11) is 0. The summed E-state index contributed by atoms with van der Waals surface area (Å²) in [5, 5.41) is 4.50. The number of hydrogen-bond donors (Lipinski definition) is 0. The Morgan fingerprint density at radius 3 is 2.76 bits per heavy atom. The van der Waals surface area contributed by atoms with Crippen molar-refractivity contribution in [3.05, 3.63) is 82.2 Å². The second kappa shape index (κ2) is 8.46. The molecule has 0 saturated carbocycles. The molecule has 1 atom stereocenters. The molecule has 4 rings (SSSR count). The van der Waals surface area contributed by atoms with Crippen LogP contribution >= 0.6 is 0 Å². The van der Waals surface area contributed by atoms with Crippen molar-refractivity contribution >= 4 is 0 Å². The molecule has 3 heterocycles. The highest BCUT2D eigenvalue weighted by atomic mass is 19.1. The Balaban J connectivity index is 1.56. The van der Waals surface area contributed by atoms with Crippen LogP contribution < -0.4 is 0 Å². The molecular formula is C24H29FN4. The summed E-state index contributed by atoms with van der Waals surface area (Å²) in [6, 6.07) is 11.5. The third-order valence-corrected chi connectivity index (χ3v) is 5.91. The maximum absolute atomic E-state index is 13.6. The highest BCUT2D eigenvalue weighted by Gasteiger charge is 2.28. The fourth-order valence-corrected chi connectivity index (χ4v) is 4.45. The van der Waals surface area contributed by atoms with E-state index in [-0.39, 0.29) is 5.82 Å². The molecule has 152 valence electrons. The molecule has 0 radical (unpaired) electrons. The molecule has 0 bridgehead atoms. The van der Waals surface area contributed by atoms with Gasteiger partial charge in [0.15, 0.2) is 0 Å². The Bertz CT molecular complexity index is 994. The smallest absolute Gasteiger partial charge is 0.123 e. The van der Waals surface area contributed by atoms with E-state index in [0.29, 0.717) is 6.04 Å². The lowest BCUT2D eigenvalue weighted by molar-refractivity contribution is 0.243. The second-order valence-corrected chi connectivity index (χ2v) is 8.05. The molecule has 2 aromatic heterocycles. The van der Waals surface area contributed by atoms with Crippen molar-refractivity contribution in [2.45, 2.75) is 59.2 Å².